The lowest BCUT2D eigenvalue weighted by Gasteiger charge is -2.52. The lowest BCUT2D eigenvalue weighted by Crippen LogP contribution is -2.61. The van der Waals surface area contributed by atoms with Gasteiger partial charge in [-0.1, -0.05) is 12.1 Å². The summed E-state index contributed by atoms with van der Waals surface area (Å²) in [6.45, 7) is 3.43. The van der Waals surface area contributed by atoms with E-state index in [9.17, 15) is 10.2 Å². The molecule has 1 spiro atoms. The van der Waals surface area contributed by atoms with Crippen molar-refractivity contribution < 1.29 is 14.9 Å². The van der Waals surface area contributed by atoms with Crippen molar-refractivity contribution in [2.24, 2.45) is 11.8 Å². The fourth-order valence-electron chi connectivity index (χ4n) is 5.37. The molecule has 4 atom stereocenters. The first-order valence-electron chi connectivity index (χ1n) is 9.08. The van der Waals surface area contributed by atoms with Crippen LogP contribution in [0.25, 0.3) is 0 Å². The zero-order valence-corrected chi connectivity index (χ0v) is 13.4. The third-order valence-electron chi connectivity index (χ3n) is 6.67. The van der Waals surface area contributed by atoms with Crippen molar-refractivity contribution in [2.45, 2.75) is 49.7 Å². The van der Waals surface area contributed by atoms with Gasteiger partial charge in [-0.25, -0.2) is 0 Å². The molecule has 1 aromatic carbocycles. The van der Waals surface area contributed by atoms with Gasteiger partial charge in [0.05, 0.1) is 6.10 Å². The molecule has 2 aliphatic carbocycles. The average molecular weight is 315 g/mol. The Balaban J connectivity index is 1.53. The molecule has 23 heavy (non-hydrogen) atoms. The summed E-state index contributed by atoms with van der Waals surface area (Å²) in [6.07, 6.45) is 5.07. The Morgan fingerprint density at radius 1 is 1.22 bits per heavy atom. The summed E-state index contributed by atoms with van der Waals surface area (Å²) < 4.78 is 6.12. The van der Waals surface area contributed by atoms with Crippen LogP contribution in [0.2, 0.25) is 0 Å². The highest BCUT2D eigenvalue weighted by atomic mass is 16.5. The lowest BCUT2D eigenvalue weighted by atomic mass is 9.57. The van der Waals surface area contributed by atoms with Gasteiger partial charge in [0.2, 0.25) is 0 Å². The van der Waals surface area contributed by atoms with Gasteiger partial charge in [0, 0.05) is 24.1 Å². The third kappa shape index (κ3) is 1.97. The maximum absolute atomic E-state index is 10.6. The zero-order valence-electron chi connectivity index (χ0n) is 13.4. The number of nitrogens with zero attached hydrogens (tertiary/aromatic N) is 1. The number of hydrogen-bond acceptors (Lipinski definition) is 4. The molecule has 5 rings (SSSR count). The van der Waals surface area contributed by atoms with Gasteiger partial charge in [-0.3, -0.25) is 0 Å². The molecule has 4 heteroatoms. The van der Waals surface area contributed by atoms with Crippen LogP contribution in [0, 0.1) is 11.8 Å². The van der Waals surface area contributed by atoms with Crippen LogP contribution < -0.4 is 4.74 Å². The molecule has 124 valence electrons. The lowest BCUT2D eigenvalue weighted by molar-refractivity contribution is -0.0793. The van der Waals surface area contributed by atoms with E-state index in [0.717, 1.165) is 43.8 Å². The Bertz CT molecular complexity index is 629. The Morgan fingerprint density at radius 3 is 2.91 bits per heavy atom. The second-order valence-electron chi connectivity index (χ2n) is 8.03. The maximum Gasteiger partial charge on any atom is 0.165 e. The number of aromatic hydroxyl groups is 1. The predicted molar refractivity (Wildman–Crippen MR) is 86.7 cm³/mol. The van der Waals surface area contributed by atoms with Crippen LogP contribution in [0.15, 0.2) is 18.2 Å². The summed E-state index contributed by atoms with van der Waals surface area (Å²) in [5.41, 5.74) is 1.03. The molecule has 0 aromatic heterocycles. The monoisotopic (exact) mass is 315 g/mol. The van der Waals surface area contributed by atoms with E-state index >= 15 is 0 Å². The number of ether oxygens (including phenoxy) is 1. The van der Waals surface area contributed by atoms with Crippen molar-refractivity contribution in [3.05, 3.63) is 23.8 Å². The summed E-state index contributed by atoms with van der Waals surface area (Å²) in [5.74, 6) is 2.29. The SMILES string of the molecule is Oc1cccc2c1O[C@H]1[C@H](O)CC[C@H]3CN(CC4CC4)CC[C@@]231. The normalized spacial score (nSPS) is 39.3. The van der Waals surface area contributed by atoms with Crippen molar-refractivity contribution in [1.29, 1.82) is 0 Å². The highest BCUT2D eigenvalue weighted by Crippen LogP contribution is 2.58. The van der Waals surface area contributed by atoms with E-state index in [1.54, 1.807) is 6.07 Å². The van der Waals surface area contributed by atoms with Gasteiger partial charge in [-0.05, 0) is 56.6 Å². The summed E-state index contributed by atoms with van der Waals surface area (Å²) in [5, 5.41) is 20.8. The van der Waals surface area contributed by atoms with Gasteiger partial charge in [-0.2, -0.15) is 0 Å². The number of phenols is 1. The topological polar surface area (TPSA) is 52.9 Å². The number of aliphatic hydroxyl groups excluding tert-OH is 1. The van der Waals surface area contributed by atoms with Crippen LogP contribution in [-0.4, -0.2) is 47.0 Å². The number of hydrogen-bond donors (Lipinski definition) is 2. The van der Waals surface area contributed by atoms with E-state index in [2.05, 4.69) is 11.0 Å². The largest absolute Gasteiger partial charge is 0.504 e. The van der Waals surface area contributed by atoms with Gasteiger partial charge in [0.15, 0.2) is 11.5 Å². The van der Waals surface area contributed by atoms with Crippen molar-refractivity contribution >= 4 is 0 Å². The second-order valence-corrected chi connectivity index (χ2v) is 8.03. The van der Waals surface area contributed by atoms with E-state index < -0.39 is 6.10 Å². The van der Waals surface area contributed by atoms with Crippen LogP contribution in [-0.2, 0) is 5.41 Å². The minimum absolute atomic E-state index is 0.105. The summed E-state index contributed by atoms with van der Waals surface area (Å²) >= 11 is 0. The zero-order chi connectivity index (χ0) is 15.6. The van der Waals surface area contributed by atoms with E-state index in [4.69, 9.17) is 4.74 Å². The van der Waals surface area contributed by atoms with Crippen molar-refractivity contribution in [1.82, 2.24) is 4.90 Å². The predicted octanol–water partition coefficient (Wildman–Crippen LogP) is 2.28. The summed E-state index contributed by atoms with van der Waals surface area (Å²) in [4.78, 5) is 2.63. The first-order chi connectivity index (χ1) is 11.2. The van der Waals surface area contributed by atoms with Crippen LogP contribution >= 0.6 is 0 Å². The van der Waals surface area contributed by atoms with Crippen LogP contribution in [0.1, 0.15) is 37.7 Å². The minimum atomic E-state index is -0.423. The summed E-state index contributed by atoms with van der Waals surface area (Å²) in [7, 11) is 0. The number of fused-ring (bicyclic) bond motifs is 1. The van der Waals surface area contributed by atoms with Gasteiger partial charge >= 0.3 is 0 Å². The Morgan fingerprint density at radius 2 is 2.09 bits per heavy atom. The highest BCUT2D eigenvalue weighted by Gasteiger charge is 2.60. The van der Waals surface area contributed by atoms with Gasteiger partial charge < -0.3 is 19.8 Å². The Kier molecular flexibility index (Phi) is 2.99. The first-order valence-corrected chi connectivity index (χ1v) is 9.08. The molecular weight excluding hydrogens is 290 g/mol. The standard InChI is InChI=1S/C19H25NO3/c21-15-3-1-2-14-17(15)23-18-16(22)7-6-13-11-20(10-12-4-5-12)9-8-19(13,14)18/h1-3,12-13,16,18,21-22H,4-11H2/t13-,16+,18-,19-/m0/s1. The van der Waals surface area contributed by atoms with E-state index in [-0.39, 0.29) is 17.3 Å². The molecule has 2 N–H and O–H groups in total. The second kappa shape index (κ2) is 4.87. The van der Waals surface area contributed by atoms with Crippen LogP contribution in [0.5, 0.6) is 11.5 Å². The fourth-order valence-corrected chi connectivity index (χ4v) is 5.37. The van der Waals surface area contributed by atoms with Gasteiger partial charge in [-0.15, -0.1) is 0 Å². The average Bonchev–Trinajstić information content (AvgIpc) is 3.29. The molecule has 4 nitrogen and oxygen atoms in total. The third-order valence-corrected chi connectivity index (χ3v) is 6.67. The van der Waals surface area contributed by atoms with Crippen molar-refractivity contribution in [2.75, 3.05) is 19.6 Å². The molecule has 0 unspecified atom stereocenters. The number of para-hydroxylation sites is 1. The van der Waals surface area contributed by atoms with Gasteiger partial charge in [0.1, 0.15) is 6.10 Å². The van der Waals surface area contributed by atoms with Crippen LogP contribution in [0.4, 0.5) is 0 Å². The number of benzene rings is 1. The number of rotatable bonds is 2. The fraction of sp³-hybridized carbons (Fsp3) is 0.684. The molecular formula is C19H25NO3. The Labute approximate surface area is 137 Å². The molecule has 1 aromatic rings. The van der Waals surface area contributed by atoms with E-state index in [1.807, 2.05) is 6.07 Å². The molecule has 2 saturated carbocycles. The number of phenolic OH excluding ortho intramolecular Hbond substituents is 1. The number of likely N-dealkylation sites (tertiary alicyclic amines) is 1. The van der Waals surface area contributed by atoms with Gasteiger partial charge in [0.25, 0.3) is 0 Å². The smallest absolute Gasteiger partial charge is 0.165 e. The molecule has 3 fully saturated rings. The van der Waals surface area contributed by atoms with E-state index in [1.165, 1.54) is 19.4 Å². The maximum atomic E-state index is 10.6. The molecule has 4 aliphatic rings. The first kappa shape index (κ1) is 14.1. The van der Waals surface area contributed by atoms with E-state index in [0.29, 0.717) is 11.7 Å². The molecule has 1 saturated heterocycles. The molecule has 0 bridgehead atoms. The van der Waals surface area contributed by atoms with Crippen molar-refractivity contribution in [3.8, 4) is 11.5 Å². The minimum Gasteiger partial charge on any atom is -0.504 e. The highest BCUT2D eigenvalue weighted by molar-refractivity contribution is 5.55. The quantitative estimate of drug-likeness (QED) is 0.879. The molecule has 2 aliphatic heterocycles. The number of piperidine rings is 1. The number of aliphatic hydroxyl groups is 1. The molecule has 0 amide bonds. The summed E-state index contributed by atoms with van der Waals surface area (Å²) in [6, 6.07) is 5.72. The van der Waals surface area contributed by atoms with Crippen LogP contribution in [0.3, 0.4) is 0 Å². The van der Waals surface area contributed by atoms with Crippen molar-refractivity contribution in [3.63, 3.8) is 0 Å². The molecule has 0 radical (unpaired) electrons. The molecule has 2 heterocycles. The Hall–Kier alpha value is -1.26.